The Morgan fingerprint density at radius 3 is 2.91 bits per heavy atom. The van der Waals surface area contributed by atoms with Crippen LogP contribution in [-0.2, 0) is 4.74 Å². The number of hydrogen-bond acceptors (Lipinski definition) is 6. The summed E-state index contributed by atoms with van der Waals surface area (Å²) in [6.07, 6.45) is -1.13. The average Bonchev–Trinajstić information content (AvgIpc) is 2.86. The summed E-state index contributed by atoms with van der Waals surface area (Å²) in [7, 11) is 0. The van der Waals surface area contributed by atoms with Gasteiger partial charge in [0.25, 0.3) is 5.56 Å². The number of aliphatic hydroxyl groups is 2. The maximum atomic E-state index is 11.9. The van der Waals surface area contributed by atoms with Gasteiger partial charge in [0.1, 0.15) is 12.3 Å². The Hall–Kier alpha value is -1.40. The molecule has 11 heteroatoms. The van der Waals surface area contributed by atoms with Gasteiger partial charge < -0.3 is 14.9 Å². The Labute approximate surface area is 137 Å². The lowest BCUT2D eigenvalue weighted by Gasteiger charge is -2.16. The molecule has 1 aromatic heterocycles. The molecule has 1 aromatic rings. The van der Waals surface area contributed by atoms with Crippen LogP contribution in [0.5, 0.6) is 0 Å². The minimum Gasteiger partial charge on any atom is -0.394 e. The maximum Gasteiger partial charge on any atom is 0.330 e. The first-order chi connectivity index (χ1) is 10.5. The lowest BCUT2D eigenvalue weighted by atomic mass is 10.1. The SMILES string of the molecule is [N-]=[N+]=N[C@H](CI)c1cn([C@H]2C[C@H](O)[C@@H](CO)O2)c(=O)[nH]c1=O. The molecule has 22 heavy (non-hydrogen) atoms. The summed E-state index contributed by atoms with van der Waals surface area (Å²) in [6, 6.07) is -0.721. The lowest BCUT2D eigenvalue weighted by molar-refractivity contribution is -0.0460. The van der Waals surface area contributed by atoms with Gasteiger partial charge in [0.05, 0.1) is 18.8 Å². The molecular formula is C11H14IN5O5. The second-order valence-corrected chi connectivity index (χ2v) is 5.62. The molecule has 0 aromatic carbocycles. The molecule has 120 valence electrons. The number of halogens is 1. The Morgan fingerprint density at radius 2 is 2.36 bits per heavy atom. The third-order valence-corrected chi connectivity index (χ3v) is 4.22. The number of ether oxygens (including phenoxy) is 1. The number of rotatable bonds is 5. The number of aromatic amines is 1. The third-order valence-electron chi connectivity index (χ3n) is 3.39. The standard InChI is InChI=1S/C11H14IN5O5/c12-2-6(15-16-13)5-3-17(11(21)14-10(5)20)9-1-7(19)8(4-18)22-9/h3,6-9,18-19H,1-2,4H2,(H,14,20,21)/t6-,7+,8-,9-/m1/s1. The number of aliphatic hydroxyl groups excluding tert-OH is 2. The zero-order valence-corrected chi connectivity index (χ0v) is 13.5. The number of H-pyrrole nitrogens is 1. The molecule has 0 amide bonds. The Morgan fingerprint density at radius 1 is 1.64 bits per heavy atom. The minimum atomic E-state index is -0.908. The molecule has 1 aliphatic rings. The first kappa shape index (κ1) is 17.0. The minimum absolute atomic E-state index is 0.104. The van der Waals surface area contributed by atoms with E-state index in [4.69, 9.17) is 15.4 Å². The summed E-state index contributed by atoms with van der Waals surface area (Å²) in [5.74, 6) is 0. The molecule has 0 bridgehead atoms. The number of nitrogens with one attached hydrogen (secondary N) is 1. The highest BCUT2D eigenvalue weighted by molar-refractivity contribution is 14.1. The molecule has 0 aliphatic carbocycles. The van der Waals surface area contributed by atoms with Crippen LogP contribution in [0.25, 0.3) is 10.4 Å². The van der Waals surface area contributed by atoms with Crippen LogP contribution in [0.3, 0.4) is 0 Å². The van der Waals surface area contributed by atoms with E-state index in [-0.39, 0.29) is 18.6 Å². The zero-order valence-electron chi connectivity index (χ0n) is 11.3. The lowest BCUT2D eigenvalue weighted by Crippen LogP contribution is -2.35. The van der Waals surface area contributed by atoms with Gasteiger partial charge in [-0.1, -0.05) is 27.7 Å². The van der Waals surface area contributed by atoms with Gasteiger partial charge in [-0.25, -0.2) is 4.79 Å². The van der Waals surface area contributed by atoms with Crippen molar-refractivity contribution in [3.63, 3.8) is 0 Å². The fourth-order valence-electron chi connectivity index (χ4n) is 2.24. The molecule has 3 N–H and O–H groups in total. The summed E-state index contributed by atoms with van der Waals surface area (Å²) in [4.78, 5) is 28.6. The van der Waals surface area contributed by atoms with Gasteiger partial charge in [-0.15, -0.1) is 0 Å². The van der Waals surface area contributed by atoms with E-state index in [0.717, 1.165) is 4.57 Å². The smallest absolute Gasteiger partial charge is 0.330 e. The molecule has 0 saturated carbocycles. The maximum absolute atomic E-state index is 11.9. The summed E-state index contributed by atoms with van der Waals surface area (Å²) < 4.78 is 6.88. The van der Waals surface area contributed by atoms with E-state index in [0.29, 0.717) is 4.43 Å². The van der Waals surface area contributed by atoms with E-state index >= 15 is 0 Å². The monoisotopic (exact) mass is 423 g/mol. The molecular weight excluding hydrogens is 409 g/mol. The van der Waals surface area contributed by atoms with E-state index in [1.165, 1.54) is 6.20 Å². The van der Waals surface area contributed by atoms with Crippen molar-refractivity contribution in [3.8, 4) is 0 Å². The predicted octanol–water partition coefficient (Wildman–Crippen LogP) is -0.0363. The van der Waals surface area contributed by atoms with Gasteiger partial charge in [-0.05, 0) is 5.53 Å². The van der Waals surface area contributed by atoms with E-state index in [1.807, 2.05) is 22.6 Å². The van der Waals surface area contributed by atoms with Crippen molar-refractivity contribution in [2.75, 3.05) is 11.0 Å². The van der Waals surface area contributed by atoms with E-state index in [1.54, 1.807) is 0 Å². The molecule has 2 heterocycles. The van der Waals surface area contributed by atoms with E-state index in [9.17, 15) is 14.7 Å². The predicted molar refractivity (Wildman–Crippen MR) is 83.7 cm³/mol. The number of hydrogen-bond donors (Lipinski definition) is 3. The van der Waals surface area contributed by atoms with Crippen LogP contribution >= 0.6 is 22.6 Å². The number of azide groups is 1. The average molecular weight is 423 g/mol. The second kappa shape index (κ2) is 7.24. The molecule has 2 rings (SSSR count). The molecule has 1 saturated heterocycles. The highest BCUT2D eigenvalue weighted by atomic mass is 127. The van der Waals surface area contributed by atoms with Crippen LogP contribution in [-0.4, -0.2) is 43.0 Å². The first-order valence-corrected chi connectivity index (χ1v) is 7.94. The van der Waals surface area contributed by atoms with Crippen molar-refractivity contribution in [2.24, 2.45) is 5.11 Å². The van der Waals surface area contributed by atoms with Gasteiger partial charge >= 0.3 is 5.69 Å². The highest BCUT2D eigenvalue weighted by Gasteiger charge is 2.35. The number of nitrogens with zero attached hydrogens (tertiary/aromatic N) is 4. The third kappa shape index (κ3) is 3.33. The molecule has 10 nitrogen and oxygen atoms in total. The summed E-state index contributed by atoms with van der Waals surface area (Å²) in [5, 5.41) is 22.3. The molecule has 1 aliphatic heterocycles. The molecule has 0 unspecified atom stereocenters. The van der Waals surface area contributed by atoms with Crippen LogP contribution in [0.2, 0.25) is 0 Å². The largest absolute Gasteiger partial charge is 0.394 e. The van der Waals surface area contributed by atoms with Crippen molar-refractivity contribution >= 4 is 22.6 Å². The van der Waals surface area contributed by atoms with Crippen molar-refractivity contribution in [1.29, 1.82) is 0 Å². The fourth-order valence-corrected chi connectivity index (χ4v) is 2.89. The Bertz CT molecular complexity index is 697. The second-order valence-electron chi connectivity index (χ2n) is 4.74. The number of aromatic nitrogens is 2. The summed E-state index contributed by atoms with van der Waals surface area (Å²) in [5.41, 5.74) is 7.35. The normalized spacial score (nSPS) is 25.7. The van der Waals surface area contributed by atoms with Crippen molar-refractivity contribution in [2.45, 2.75) is 30.9 Å². The Balaban J connectivity index is 2.43. The Kier molecular flexibility index (Phi) is 5.58. The van der Waals surface area contributed by atoms with Crippen molar-refractivity contribution in [1.82, 2.24) is 9.55 Å². The summed E-state index contributed by atoms with van der Waals surface area (Å²) in [6.45, 7) is -0.377. The van der Waals surface area contributed by atoms with Crippen LogP contribution in [0, 0.1) is 0 Å². The quantitative estimate of drug-likeness (QED) is 0.200. The van der Waals surface area contributed by atoms with Crippen molar-refractivity contribution in [3.05, 3.63) is 43.0 Å². The van der Waals surface area contributed by atoms with E-state index in [2.05, 4.69) is 15.0 Å². The van der Waals surface area contributed by atoms with Crippen LogP contribution in [0.4, 0.5) is 0 Å². The zero-order chi connectivity index (χ0) is 16.3. The fraction of sp³-hybridized carbons (Fsp3) is 0.636. The molecule has 1 fully saturated rings. The van der Waals surface area contributed by atoms with Gasteiger partial charge in [-0.2, -0.15) is 0 Å². The van der Waals surface area contributed by atoms with Gasteiger partial charge in [0.2, 0.25) is 0 Å². The van der Waals surface area contributed by atoms with Crippen LogP contribution < -0.4 is 11.2 Å². The molecule has 0 spiro atoms. The van der Waals surface area contributed by atoms with Gasteiger partial charge in [-0.3, -0.25) is 14.3 Å². The highest BCUT2D eigenvalue weighted by Crippen LogP contribution is 2.28. The number of alkyl halides is 1. The molecule has 0 radical (unpaired) electrons. The first-order valence-electron chi connectivity index (χ1n) is 6.41. The van der Waals surface area contributed by atoms with Crippen LogP contribution in [0.1, 0.15) is 24.3 Å². The van der Waals surface area contributed by atoms with Crippen molar-refractivity contribution < 1.29 is 14.9 Å². The van der Waals surface area contributed by atoms with Gasteiger partial charge in [0.15, 0.2) is 0 Å². The van der Waals surface area contributed by atoms with E-state index < -0.39 is 35.7 Å². The summed E-state index contributed by atoms with van der Waals surface area (Å²) >= 11 is 1.96. The van der Waals surface area contributed by atoms with Gasteiger partial charge in [0, 0.05) is 27.5 Å². The molecule has 4 atom stereocenters. The van der Waals surface area contributed by atoms with Crippen LogP contribution in [0.15, 0.2) is 20.9 Å². The topological polar surface area (TPSA) is 153 Å².